The van der Waals surface area contributed by atoms with Crippen LogP contribution in [0.1, 0.15) is 23.2 Å². The lowest BCUT2D eigenvalue weighted by molar-refractivity contribution is 0.0709. The maximum Gasteiger partial charge on any atom is 0.254 e. The third-order valence-corrected chi connectivity index (χ3v) is 3.59. The zero-order chi connectivity index (χ0) is 10.7. The normalized spacial score (nSPS) is 21.3. The average molecular weight is 224 g/mol. The maximum absolute atomic E-state index is 12.0. The van der Waals surface area contributed by atoms with Crippen LogP contribution < -0.4 is 5.32 Å². The van der Waals surface area contributed by atoms with Crippen LogP contribution in [-0.4, -0.2) is 37.0 Å². The molecule has 1 aromatic rings. The van der Waals surface area contributed by atoms with Gasteiger partial charge in [0, 0.05) is 25.0 Å². The van der Waals surface area contributed by atoms with E-state index in [2.05, 4.69) is 5.32 Å². The minimum atomic E-state index is 0.143. The number of thiophene rings is 1. The molecule has 1 amide bonds. The number of nitrogens with zero attached hydrogens (tertiary/aromatic N) is 1. The molecule has 0 bridgehead atoms. The fourth-order valence-corrected chi connectivity index (χ4v) is 2.55. The lowest BCUT2D eigenvalue weighted by Gasteiger charge is -2.31. The molecule has 0 saturated carbocycles. The van der Waals surface area contributed by atoms with Crippen LogP contribution in [0, 0.1) is 0 Å². The van der Waals surface area contributed by atoms with E-state index in [9.17, 15) is 4.79 Å². The summed E-state index contributed by atoms with van der Waals surface area (Å²) >= 11 is 1.57. The van der Waals surface area contributed by atoms with Gasteiger partial charge in [0.15, 0.2) is 0 Å². The number of amides is 1. The van der Waals surface area contributed by atoms with Crippen molar-refractivity contribution < 1.29 is 4.79 Å². The van der Waals surface area contributed by atoms with Crippen LogP contribution in [0.3, 0.4) is 0 Å². The summed E-state index contributed by atoms with van der Waals surface area (Å²) in [4.78, 5) is 13.9. The van der Waals surface area contributed by atoms with Gasteiger partial charge in [-0.05, 0) is 30.8 Å². The van der Waals surface area contributed by atoms with Crippen molar-refractivity contribution in [1.29, 1.82) is 0 Å². The molecule has 15 heavy (non-hydrogen) atoms. The number of piperidine rings is 1. The summed E-state index contributed by atoms with van der Waals surface area (Å²) in [5, 5.41) is 7.18. The SMILES string of the molecule is CN(C(=O)c1ccsc1)C1CCCNC1. The van der Waals surface area contributed by atoms with Gasteiger partial charge in [0.1, 0.15) is 0 Å². The van der Waals surface area contributed by atoms with Gasteiger partial charge in [0.25, 0.3) is 5.91 Å². The van der Waals surface area contributed by atoms with Crippen molar-refractivity contribution in [2.75, 3.05) is 20.1 Å². The van der Waals surface area contributed by atoms with Crippen LogP contribution in [0.2, 0.25) is 0 Å². The number of hydrogen-bond acceptors (Lipinski definition) is 3. The van der Waals surface area contributed by atoms with Crippen molar-refractivity contribution in [3.63, 3.8) is 0 Å². The van der Waals surface area contributed by atoms with Gasteiger partial charge in [-0.3, -0.25) is 4.79 Å². The number of hydrogen-bond donors (Lipinski definition) is 1. The van der Waals surface area contributed by atoms with Crippen molar-refractivity contribution >= 4 is 17.2 Å². The van der Waals surface area contributed by atoms with E-state index in [0.29, 0.717) is 6.04 Å². The fourth-order valence-electron chi connectivity index (χ4n) is 1.92. The lowest BCUT2D eigenvalue weighted by atomic mass is 10.1. The Morgan fingerprint density at radius 3 is 3.13 bits per heavy atom. The van der Waals surface area contributed by atoms with E-state index in [4.69, 9.17) is 0 Å². The fraction of sp³-hybridized carbons (Fsp3) is 0.545. The monoisotopic (exact) mass is 224 g/mol. The van der Waals surface area contributed by atoms with Crippen molar-refractivity contribution in [1.82, 2.24) is 10.2 Å². The zero-order valence-electron chi connectivity index (χ0n) is 8.90. The van der Waals surface area contributed by atoms with E-state index >= 15 is 0 Å². The smallest absolute Gasteiger partial charge is 0.254 e. The lowest BCUT2D eigenvalue weighted by Crippen LogP contribution is -2.46. The Kier molecular flexibility index (Phi) is 3.38. The van der Waals surface area contributed by atoms with Crippen molar-refractivity contribution in [2.45, 2.75) is 18.9 Å². The Balaban J connectivity index is 2.00. The Morgan fingerprint density at radius 1 is 1.67 bits per heavy atom. The summed E-state index contributed by atoms with van der Waals surface area (Å²) < 4.78 is 0. The summed E-state index contributed by atoms with van der Waals surface area (Å²) in [5.41, 5.74) is 0.813. The molecular weight excluding hydrogens is 208 g/mol. The molecule has 1 aromatic heterocycles. The van der Waals surface area contributed by atoms with Gasteiger partial charge < -0.3 is 10.2 Å². The molecule has 4 heteroatoms. The second-order valence-electron chi connectivity index (χ2n) is 3.93. The quantitative estimate of drug-likeness (QED) is 0.827. The molecule has 0 aliphatic carbocycles. The summed E-state index contributed by atoms with van der Waals surface area (Å²) in [5.74, 6) is 0.143. The first kappa shape index (κ1) is 10.6. The van der Waals surface area contributed by atoms with Crippen molar-refractivity contribution in [3.05, 3.63) is 22.4 Å². The minimum absolute atomic E-state index is 0.143. The molecule has 1 aliphatic heterocycles. The molecule has 1 N–H and O–H groups in total. The molecule has 0 spiro atoms. The Morgan fingerprint density at radius 2 is 2.53 bits per heavy atom. The Labute approximate surface area is 94.1 Å². The van der Waals surface area contributed by atoms with Gasteiger partial charge in [0.2, 0.25) is 0 Å². The first-order chi connectivity index (χ1) is 7.29. The van der Waals surface area contributed by atoms with Crippen molar-refractivity contribution in [3.8, 4) is 0 Å². The molecule has 1 unspecified atom stereocenters. The third-order valence-electron chi connectivity index (χ3n) is 2.91. The van der Waals surface area contributed by atoms with Crippen LogP contribution in [0.15, 0.2) is 16.8 Å². The Hall–Kier alpha value is -0.870. The van der Waals surface area contributed by atoms with Gasteiger partial charge >= 0.3 is 0 Å². The topological polar surface area (TPSA) is 32.3 Å². The number of rotatable bonds is 2. The summed E-state index contributed by atoms with van der Waals surface area (Å²) in [6.07, 6.45) is 2.27. The van der Waals surface area contributed by atoms with Gasteiger partial charge in [0.05, 0.1) is 5.56 Å². The van der Waals surface area contributed by atoms with E-state index in [0.717, 1.165) is 31.5 Å². The summed E-state index contributed by atoms with van der Waals surface area (Å²) in [6, 6.07) is 2.24. The van der Waals surface area contributed by atoms with Crippen LogP contribution in [0.4, 0.5) is 0 Å². The average Bonchev–Trinajstić information content (AvgIpc) is 2.82. The predicted octanol–water partition coefficient (Wildman–Crippen LogP) is 1.57. The molecule has 0 aromatic carbocycles. The van der Waals surface area contributed by atoms with Gasteiger partial charge in [-0.2, -0.15) is 11.3 Å². The summed E-state index contributed by atoms with van der Waals surface area (Å²) in [7, 11) is 1.90. The molecular formula is C11H16N2OS. The maximum atomic E-state index is 12.0. The van der Waals surface area contributed by atoms with Gasteiger partial charge in [-0.15, -0.1) is 0 Å². The van der Waals surface area contributed by atoms with E-state index in [1.807, 2.05) is 28.8 Å². The molecule has 2 rings (SSSR count). The molecule has 1 fully saturated rings. The number of carbonyl (C=O) groups excluding carboxylic acids is 1. The highest BCUT2D eigenvalue weighted by Gasteiger charge is 2.22. The first-order valence-corrected chi connectivity index (χ1v) is 6.23. The highest BCUT2D eigenvalue weighted by Crippen LogP contribution is 2.14. The van der Waals surface area contributed by atoms with Crippen molar-refractivity contribution in [2.24, 2.45) is 0 Å². The van der Waals surface area contributed by atoms with Crippen LogP contribution >= 0.6 is 11.3 Å². The highest BCUT2D eigenvalue weighted by atomic mass is 32.1. The Bertz CT molecular complexity index is 317. The first-order valence-electron chi connectivity index (χ1n) is 5.29. The third kappa shape index (κ3) is 2.38. The molecule has 82 valence electrons. The van der Waals surface area contributed by atoms with Crippen LogP contribution in [-0.2, 0) is 0 Å². The molecule has 1 atom stereocenters. The standard InChI is InChI=1S/C11H16N2OS/c1-13(10-3-2-5-12-7-10)11(14)9-4-6-15-8-9/h4,6,8,10,12H,2-3,5,7H2,1H3. The van der Waals surface area contributed by atoms with Gasteiger partial charge in [-0.25, -0.2) is 0 Å². The second kappa shape index (κ2) is 4.77. The molecule has 2 heterocycles. The number of likely N-dealkylation sites (N-methyl/N-ethyl adjacent to an activating group) is 1. The van der Waals surface area contributed by atoms with Crippen LogP contribution in [0.25, 0.3) is 0 Å². The van der Waals surface area contributed by atoms with E-state index in [1.54, 1.807) is 11.3 Å². The number of carbonyl (C=O) groups is 1. The van der Waals surface area contributed by atoms with E-state index in [-0.39, 0.29) is 5.91 Å². The second-order valence-corrected chi connectivity index (χ2v) is 4.71. The van der Waals surface area contributed by atoms with Gasteiger partial charge in [-0.1, -0.05) is 0 Å². The molecule has 3 nitrogen and oxygen atoms in total. The highest BCUT2D eigenvalue weighted by molar-refractivity contribution is 7.08. The molecule has 1 aliphatic rings. The predicted molar refractivity (Wildman–Crippen MR) is 62.3 cm³/mol. The molecule has 1 saturated heterocycles. The summed E-state index contributed by atoms with van der Waals surface area (Å²) in [6.45, 7) is 2.00. The van der Waals surface area contributed by atoms with Crippen LogP contribution in [0.5, 0.6) is 0 Å². The minimum Gasteiger partial charge on any atom is -0.337 e. The molecule has 0 radical (unpaired) electrons. The number of nitrogens with one attached hydrogen (secondary N) is 1. The zero-order valence-corrected chi connectivity index (χ0v) is 9.72. The van der Waals surface area contributed by atoms with E-state index < -0.39 is 0 Å². The largest absolute Gasteiger partial charge is 0.337 e. The van der Waals surface area contributed by atoms with E-state index in [1.165, 1.54) is 0 Å².